The van der Waals surface area contributed by atoms with E-state index in [2.05, 4.69) is 10.3 Å². The average molecular weight is 268 g/mol. The molecule has 1 amide bonds. The lowest BCUT2D eigenvalue weighted by molar-refractivity contribution is 0.100. The molecule has 1 aromatic heterocycles. The maximum Gasteiger partial charge on any atom is 0.252 e. The summed E-state index contributed by atoms with van der Waals surface area (Å²) in [6.45, 7) is 0. The van der Waals surface area contributed by atoms with Gasteiger partial charge in [0.05, 0.1) is 5.56 Å². The molecule has 2 aromatic rings. The first-order valence-corrected chi connectivity index (χ1v) is 6.58. The summed E-state index contributed by atoms with van der Waals surface area (Å²) < 4.78 is 0. The Labute approximate surface area is 117 Å². The zero-order chi connectivity index (χ0) is 14.1. The van der Waals surface area contributed by atoms with Crippen LogP contribution in [0.1, 0.15) is 28.0 Å². The molecule has 3 rings (SSSR count). The summed E-state index contributed by atoms with van der Waals surface area (Å²) in [7, 11) is 0. The quantitative estimate of drug-likeness (QED) is 0.742. The Morgan fingerprint density at radius 2 is 1.95 bits per heavy atom. The number of nitrogens with zero attached hydrogens (tertiary/aromatic N) is 1. The first-order valence-electron chi connectivity index (χ1n) is 6.58. The highest BCUT2D eigenvalue weighted by molar-refractivity contribution is 5.98. The van der Waals surface area contributed by atoms with Gasteiger partial charge < -0.3 is 16.8 Å². The predicted octanol–water partition coefficient (Wildman–Crippen LogP) is 2.00. The first-order chi connectivity index (χ1) is 9.63. The maximum absolute atomic E-state index is 11.6. The standard InChI is InChI=1S/C15H16N4O/c16-10-4-6-11(7-5-10)18-15-12(14(17)20)8-9-2-1-3-13(9)19-15/h4-8H,1-3,16H2,(H2,17,20)(H,18,19). The number of amides is 1. The van der Waals surface area contributed by atoms with Gasteiger partial charge in [0, 0.05) is 17.1 Å². The number of nitrogens with two attached hydrogens (primary N) is 2. The van der Waals surface area contributed by atoms with E-state index in [0.29, 0.717) is 17.1 Å². The second kappa shape index (κ2) is 4.85. The predicted molar refractivity (Wildman–Crippen MR) is 78.9 cm³/mol. The molecule has 1 aliphatic carbocycles. The molecule has 0 radical (unpaired) electrons. The van der Waals surface area contributed by atoms with E-state index in [1.165, 1.54) is 0 Å². The van der Waals surface area contributed by atoms with Crippen LogP contribution in [0.4, 0.5) is 17.2 Å². The van der Waals surface area contributed by atoms with Gasteiger partial charge >= 0.3 is 0 Å². The molecule has 0 bridgehead atoms. The Hall–Kier alpha value is -2.56. The van der Waals surface area contributed by atoms with E-state index in [1.807, 2.05) is 18.2 Å². The van der Waals surface area contributed by atoms with Crippen LogP contribution < -0.4 is 16.8 Å². The molecule has 0 unspecified atom stereocenters. The normalized spacial score (nSPS) is 13.0. The third kappa shape index (κ3) is 2.30. The molecule has 5 nitrogen and oxygen atoms in total. The molecule has 0 aliphatic heterocycles. The molecule has 1 aliphatic rings. The van der Waals surface area contributed by atoms with E-state index in [9.17, 15) is 4.79 Å². The highest BCUT2D eigenvalue weighted by Gasteiger charge is 2.19. The van der Waals surface area contributed by atoms with Gasteiger partial charge in [0.2, 0.25) is 0 Å². The number of aromatic nitrogens is 1. The number of rotatable bonds is 3. The van der Waals surface area contributed by atoms with Crippen molar-refractivity contribution in [3.63, 3.8) is 0 Å². The number of aryl methyl sites for hydroxylation is 2. The van der Waals surface area contributed by atoms with E-state index >= 15 is 0 Å². The highest BCUT2D eigenvalue weighted by Crippen LogP contribution is 2.27. The summed E-state index contributed by atoms with van der Waals surface area (Å²) in [5.74, 6) is 0.0491. The number of fused-ring (bicyclic) bond motifs is 1. The molecule has 0 spiro atoms. The highest BCUT2D eigenvalue weighted by atomic mass is 16.1. The van der Waals surface area contributed by atoms with Crippen LogP contribution in [-0.4, -0.2) is 10.9 Å². The van der Waals surface area contributed by atoms with Crippen LogP contribution in [0.15, 0.2) is 30.3 Å². The minimum atomic E-state index is -0.467. The van der Waals surface area contributed by atoms with Gasteiger partial charge in [0.15, 0.2) is 0 Å². The number of carbonyl (C=O) groups is 1. The fourth-order valence-electron chi connectivity index (χ4n) is 2.46. The summed E-state index contributed by atoms with van der Waals surface area (Å²) in [5.41, 5.74) is 15.2. The number of carbonyl (C=O) groups excluding carboxylic acids is 1. The minimum absolute atomic E-state index is 0.433. The van der Waals surface area contributed by atoms with Gasteiger partial charge in [-0.15, -0.1) is 0 Å². The van der Waals surface area contributed by atoms with Crippen LogP contribution in [0.5, 0.6) is 0 Å². The van der Waals surface area contributed by atoms with Crippen molar-refractivity contribution in [2.24, 2.45) is 5.73 Å². The molecule has 1 heterocycles. The Bertz CT molecular complexity index is 664. The number of benzene rings is 1. The van der Waals surface area contributed by atoms with Gasteiger partial charge in [-0.05, 0) is 55.2 Å². The Morgan fingerprint density at radius 3 is 2.65 bits per heavy atom. The van der Waals surface area contributed by atoms with Crippen molar-refractivity contribution in [2.45, 2.75) is 19.3 Å². The second-order valence-corrected chi connectivity index (χ2v) is 4.96. The molecule has 20 heavy (non-hydrogen) atoms. The monoisotopic (exact) mass is 268 g/mol. The molecule has 1 aromatic carbocycles. The molecule has 0 atom stereocenters. The van der Waals surface area contributed by atoms with E-state index in [0.717, 1.165) is 36.2 Å². The van der Waals surface area contributed by atoms with Crippen molar-refractivity contribution < 1.29 is 4.79 Å². The van der Waals surface area contributed by atoms with Crippen molar-refractivity contribution in [2.75, 3.05) is 11.1 Å². The summed E-state index contributed by atoms with van der Waals surface area (Å²) >= 11 is 0. The molecule has 0 saturated carbocycles. The Balaban J connectivity index is 1.99. The molecule has 5 heteroatoms. The number of nitrogens with one attached hydrogen (secondary N) is 1. The first kappa shape index (κ1) is 12.5. The number of nitrogen functional groups attached to an aromatic ring is 1. The molecule has 102 valence electrons. The summed E-state index contributed by atoms with van der Waals surface area (Å²) in [5, 5.41) is 3.14. The van der Waals surface area contributed by atoms with Crippen LogP contribution in [-0.2, 0) is 12.8 Å². The zero-order valence-corrected chi connectivity index (χ0v) is 11.0. The van der Waals surface area contributed by atoms with Crippen molar-refractivity contribution in [3.05, 3.63) is 47.2 Å². The van der Waals surface area contributed by atoms with Crippen LogP contribution >= 0.6 is 0 Å². The average Bonchev–Trinajstić information content (AvgIpc) is 2.87. The fraction of sp³-hybridized carbons (Fsp3) is 0.200. The van der Waals surface area contributed by atoms with Crippen LogP contribution in [0.25, 0.3) is 0 Å². The lowest BCUT2D eigenvalue weighted by Crippen LogP contribution is -2.15. The summed E-state index contributed by atoms with van der Waals surface area (Å²) in [4.78, 5) is 16.1. The Morgan fingerprint density at radius 1 is 1.20 bits per heavy atom. The number of primary amides is 1. The lowest BCUT2D eigenvalue weighted by atomic mass is 10.1. The zero-order valence-electron chi connectivity index (χ0n) is 11.0. The number of anilines is 3. The third-order valence-electron chi connectivity index (χ3n) is 3.49. The van der Waals surface area contributed by atoms with E-state index in [-0.39, 0.29) is 0 Å². The topological polar surface area (TPSA) is 94.0 Å². The summed E-state index contributed by atoms with van der Waals surface area (Å²) in [6, 6.07) is 9.13. The van der Waals surface area contributed by atoms with Crippen LogP contribution in [0.3, 0.4) is 0 Å². The SMILES string of the molecule is NC(=O)c1cc2c(nc1Nc1ccc(N)cc1)CCC2. The smallest absolute Gasteiger partial charge is 0.252 e. The van der Waals surface area contributed by atoms with Crippen LogP contribution in [0, 0.1) is 0 Å². The van der Waals surface area contributed by atoms with Crippen molar-refractivity contribution in [1.29, 1.82) is 0 Å². The van der Waals surface area contributed by atoms with E-state index in [4.69, 9.17) is 11.5 Å². The largest absolute Gasteiger partial charge is 0.399 e. The molecule has 5 N–H and O–H groups in total. The molecular formula is C15H16N4O. The van der Waals surface area contributed by atoms with Gasteiger partial charge in [-0.1, -0.05) is 0 Å². The van der Waals surface area contributed by atoms with Gasteiger partial charge in [0.25, 0.3) is 5.91 Å². The molecular weight excluding hydrogens is 252 g/mol. The maximum atomic E-state index is 11.6. The Kier molecular flexibility index (Phi) is 3.02. The van der Waals surface area contributed by atoms with Crippen molar-refractivity contribution in [1.82, 2.24) is 4.98 Å². The lowest BCUT2D eigenvalue weighted by Gasteiger charge is -2.11. The van der Waals surface area contributed by atoms with Gasteiger partial charge in [0.1, 0.15) is 5.82 Å². The number of hydrogen-bond donors (Lipinski definition) is 3. The number of pyridine rings is 1. The van der Waals surface area contributed by atoms with E-state index < -0.39 is 5.91 Å². The molecule has 0 fully saturated rings. The summed E-state index contributed by atoms with van der Waals surface area (Å²) in [6.07, 6.45) is 2.99. The number of hydrogen-bond acceptors (Lipinski definition) is 4. The third-order valence-corrected chi connectivity index (χ3v) is 3.49. The van der Waals surface area contributed by atoms with Crippen molar-refractivity contribution in [3.8, 4) is 0 Å². The van der Waals surface area contributed by atoms with Crippen molar-refractivity contribution >= 4 is 23.1 Å². The fourth-order valence-corrected chi connectivity index (χ4v) is 2.46. The van der Waals surface area contributed by atoms with Gasteiger partial charge in [-0.3, -0.25) is 4.79 Å². The van der Waals surface area contributed by atoms with Crippen LogP contribution in [0.2, 0.25) is 0 Å². The molecule has 0 saturated heterocycles. The van der Waals surface area contributed by atoms with Gasteiger partial charge in [-0.25, -0.2) is 4.98 Å². The van der Waals surface area contributed by atoms with Gasteiger partial charge in [-0.2, -0.15) is 0 Å². The second-order valence-electron chi connectivity index (χ2n) is 4.96. The van der Waals surface area contributed by atoms with E-state index in [1.54, 1.807) is 12.1 Å². The minimum Gasteiger partial charge on any atom is -0.399 e.